The topological polar surface area (TPSA) is 64.1 Å². The van der Waals surface area contributed by atoms with Crippen molar-refractivity contribution < 1.29 is 13.9 Å². The Morgan fingerprint density at radius 1 is 1.07 bits per heavy atom. The van der Waals surface area contributed by atoms with Gasteiger partial charge in [-0.1, -0.05) is 6.07 Å². The van der Waals surface area contributed by atoms with Crippen molar-refractivity contribution >= 4 is 23.4 Å². The second-order valence-corrected chi connectivity index (χ2v) is 7.62. The predicted octanol–water partition coefficient (Wildman–Crippen LogP) is 4.96. The first kappa shape index (κ1) is 20.8. The largest absolute Gasteiger partial charge is 0.494 e. The van der Waals surface area contributed by atoms with E-state index in [1.807, 2.05) is 44.2 Å². The molecular formula is C22H22FN3O2S. The molecule has 1 N–H and O–H groups in total. The van der Waals surface area contributed by atoms with Crippen LogP contribution in [0.5, 0.6) is 5.75 Å². The maximum Gasteiger partial charge on any atom is 0.224 e. The van der Waals surface area contributed by atoms with Crippen LogP contribution < -0.4 is 10.1 Å². The van der Waals surface area contributed by atoms with Crippen molar-refractivity contribution in [1.82, 2.24) is 9.97 Å². The highest BCUT2D eigenvalue weighted by Crippen LogP contribution is 2.26. The summed E-state index contributed by atoms with van der Waals surface area (Å²) in [6.07, 6.45) is 0.712. The second kappa shape index (κ2) is 9.52. The summed E-state index contributed by atoms with van der Waals surface area (Å²) in [5, 5.41) is 3.56. The summed E-state index contributed by atoms with van der Waals surface area (Å²) in [6.45, 7) is 3.88. The van der Waals surface area contributed by atoms with E-state index in [1.54, 1.807) is 12.1 Å². The maximum absolute atomic E-state index is 13.7. The van der Waals surface area contributed by atoms with E-state index < -0.39 is 5.82 Å². The summed E-state index contributed by atoms with van der Waals surface area (Å²) in [5.74, 6) is -0.354. The van der Waals surface area contributed by atoms with Gasteiger partial charge in [0.2, 0.25) is 5.91 Å². The van der Waals surface area contributed by atoms with Crippen LogP contribution in [0, 0.1) is 19.7 Å². The average molecular weight is 412 g/mol. The van der Waals surface area contributed by atoms with E-state index in [9.17, 15) is 9.18 Å². The highest BCUT2D eigenvalue weighted by atomic mass is 32.2. The standard InChI is InChI=1S/C22H22FN3O2S/c1-14-12-15(2)25-22(24-14)29-18-8-6-17(7-9-18)26-21(27)11-5-16-4-10-20(28-3)19(23)13-16/h4,6-10,12-13H,5,11H2,1-3H3,(H,26,27). The first-order valence-corrected chi connectivity index (χ1v) is 9.97. The number of hydrogen-bond donors (Lipinski definition) is 1. The number of hydrogen-bond acceptors (Lipinski definition) is 5. The highest BCUT2D eigenvalue weighted by Gasteiger charge is 2.08. The van der Waals surface area contributed by atoms with Crippen LogP contribution in [-0.2, 0) is 11.2 Å². The van der Waals surface area contributed by atoms with Gasteiger partial charge in [-0.3, -0.25) is 4.79 Å². The van der Waals surface area contributed by atoms with Gasteiger partial charge in [-0.05, 0) is 80.1 Å². The fourth-order valence-corrected chi connectivity index (χ4v) is 3.66. The summed E-state index contributed by atoms with van der Waals surface area (Å²) in [4.78, 5) is 22.0. The minimum Gasteiger partial charge on any atom is -0.494 e. The Kier molecular flexibility index (Phi) is 6.82. The molecule has 0 unspecified atom stereocenters. The number of nitrogens with zero attached hydrogens (tertiary/aromatic N) is 2. The fourth-order valence-electron chi connectivity index (χ4n) is 2.80. The number of nitrogens with one attached hydrogen (secondary N) is 1. The van der Waals surface area contributed by atoms with Crippen LogP contribution in [0.25, 0.3) is 0 Å². The van der Waals surface area contributed by atoms with Crippen LogP contribution in [-0.4, -0.2) is 23.0 Å². The number of ether oxygens (including phenoxy) is 1. The number of aromatic nitrogens is 2. The first-order valence-electron chi connectivity index (χ1n) is 9.15. The van der Waals surface area contributed by atoms with Crippen LogP contribution in [0.4, 0.5) is 10.1 Å². The van der Waals surface area contributed by atoms with Gasteiger partial charge in [0.1, 0.15) is 0 Å². The molecule has 0 atom stereocenters. The zero-order valence-electron chi connectivity index (χ0n) is 16.5. The molecule has 7 heteroatoms. The normalized spacial score (nSPS) is 10.6. The third-order valence-electron chi connectivity index (χ3n) is 4.17. The molecule has 0 spiro atoms. The zero-order valence-corrected chi connectivity index (χ0v) is 17.3. The molecule has 0 saturated carbocycles. The molecule has 1 heterocycles. The number of rotatable bonds is 7. The van der Waals surface area contributed by atoms with Crippen molar-refractivity contribution in [3.05, 3.63) is 71.3 Å². The van der Waals surface area contributed by atoms with Crippen LogP contribution in [0.15, 0.2) is 58.6 Å². The number of anilines is 1. The minimum absolute atomic E-state index is 0.126. The van der Waals surface area contributed by atoms with Gasteiger partial charge in [-0.2, -0.15) is 0 Å². The molecule has 1 aromatic heterocycles. The molecule has 0 radical (unpaired) electrons. The molecule has 150 valence electrons. The number of carbonyl (C=O) groups is 1. The van der Waals surface area contributed by atoms with Crippen LogP contribution >= 0.6 is 11.8 Å². The second-order valence-electron chi connectivity index (χ2n) is 6.58. The van der Waals surface area contributed by atoms with Gasteiger partial charge in [0.25, 0.3) is 0 Å². The Morgan fingerprint density at radius 3 is 2.38 bits per heavy atom. The molecule has 29 heavy (non-hydrogen) atoms. The van der Waals surface area contributed by atoms with Gasteiger partial charge in [-0.15, -0.1) is 0 Å². The SMILES string of the molecule is COc1ccc(CCC(=O)Nc2ccc(Sc3nc(C)cc(C)n3)cc2)cc1F. The summed E-state index contributed by atoms with van der Waals surface area (Å²) in [5.41, 5.74) is 3.32. The van der Waals surface area contributed by atoms with Crippen molar-refractivity contribution in [2.75, 3.05) is 12.4 Å². The highest BCUT2D eigenvalue weighted by molar-refractivity contribution is 7.99. The maximum atomic E-state index is 13.7. The van der Waals surface area contributed by atoms with E-state index in [4.69, 9.17) is 4.74 Å². The molecule has 2 aromatic carbocycles. The molecule has 3 rings (SSSR count). The molecule has 0 aliphatic carbocycles. The minimum atomic E-state index is -0.425. The Bertz CT molecular complexity index is 989. The van der Waals surface area contributed by atoms with Crippen molar-refractivity contribution in [3.8, 4) is 5.75 Å². The lowest BCUT2D eigenvalue weighted by atomic mass is 10.1. The van der Waals surface area contributed by atoms with Gasteiger partial charge < -0.3 is 10.1 Å². The van der Waals surface area contributed by atoms with E-state index >= 15 is 0 Å². The summed E-state index contributed by atoms with van der Waals surface area (Å²) < 4.78 is 18.6. The third-order valence-corrected chi connectivity index (χ3v) is 5.04. The van der Waals surface area contributed by atoms with Crippen molar-refractivity contribution in [3.63, 3.8) is 0 Å². The van der Waals surface area contributed by atoms with Crippen molar-refractivity contribution in [2.24, 2.45) is 0 Å². The van der Waals surface area contributed by atoms with Gasteiger partial charge in [0.15, 0.2) is 16.7 Å². The van der Waals surface area contributed by atoms with Gasteiger partial charge in [0, 0.05) is 28.4 Å². The number of methoxy groups -OCH3 is 1. The number of carbonyl (C=O) groups excluding carboxylic acids is 1. The molecule has 1 amide bonds. The van der Waals surface area contributed by atoms with Gasteiger partial charge in [0.05, 0.1) is 7.11 Å². The van der Waals surface area contributed by atoms with Gasteiger partial charge >= 0.3 is 0 Å². The molecule has 0 saturated heterocycles. The van der Waals surface area contributed by atoms with Crippen LogP contribution in [0.3, 0.4) is 0 Å². The average Bonchev–Trinajstić information content (AvgIpc) is 2.67. The van der Waals surface area contributed by atoms with Crippen LogP contribution in [0.1, 0.15) is 23.4 Å². The Hall–Kier alpha value is -2.93. The lowest BCUT2D eigenvalue weighted by Gasteiger charge is -2.08. The van der Waals surface area contributed by atoms with E-state index in [2.05, 4.69) is 15.3 Å². The Labute approximate surface area is 173 Å². The zero-order chi connectivity index (χ0) is 20.8. The predicted molar refractivity (Wildman–Crippen MR) is 112 cm³/mol. The van der Waals surface area contributed by atoms with E-state index in [1.165, 1.54) is 24.9 Å². The number of benzene rings is 2. The molecular weight excluding hydrogens is 389 g/mol. The van der Waals surface area contributed by atoms with Crippen molar-refractivity contribution in [2.45, 2.75) is 36.7 Å². The molecule has 0 fully saturated rings. The van der Waals surface area contributed by atoms with Crippen molar-refractivity contribution in [1.29, 1.82) is 0 Å². The quantitative estimate of drug-likeness (QED) is 0.557. The fraction of sp³-hybridized carbons (Fsp3) is 0.227. The monoisotopic (exact) mass is 411 g/mol. The Balaban J connectivity index is 1.53. The van der Waals surface area contributed by atoms with E-state index in [0.29, 0.717) is 17.3 Å². The van der Waals surface area contributed by atoms with Crippen LogP contribution in [0.2, 0.25) is 0 Å². The van der Waals surface area contributed by atoms with E-state index in [-0.39, 0.29) is 18.1 Å². The molecule has 3 aromatic rings. The lowest BCUT2D eigenvalue weighted by molar-refractivity contribution is -0.116. The third kappa shape index (κ3) is 6.02. The molecule has 5 nitrogen and oxygen atoms in total. The summed E-state index contributed by atoms with van der Waals surface area (Å²) >= 11 is 1.47. The lowest BCUT2D eigenvalue weighted by Crippen LogP contribution is -2.12. The molecule has 0 aliphatic rings. The van der Waals surface area contributed by atoms with E-state index in [0.717, 1.165) is 21.8 Å². The molecule has 0 aliphatic heterocycles. The van der Waals surface area contributed by atoms with Gasteiger partial charge in [-0.25, -0.2) is 14.4 Å². The summed E-state index contributed by atoms with van der Waals surface area (Å²) in [7, 11) is 1.42. The number of aryl methyl sites for hydroxylation is 3. The summed E-state index contributed by atoms with van der Waals surface area (Å²) in [6, 6.07) is 14.2. The Morgan fingerprint density at radius 2 is 1.76 bits per heavy atom. The number of halogens is 1. The molecule has 0 bridgehead atoms. The first-order chi connectivity index (χ1) is 13.9. The smallest absolute Gasteiger partial charge is 0.224 e. The number of amides is 1.